The van der Waals surface area contributed by atoms with Gasteiger partial charge in [-0.1, -0.05) is 36.4 Å². The lowest BCUT2D eigenvalue weighted by molar-refractivity contribution is -0.130. The summed E-state index contributed by atoms with van der Waals surface area (Å²) in [4.78, 5) is 37.9. The van der Waals surface area contributed by atoms with Gasteiger partial charge < -0.3 is 15.0 Å². The molecule has 0 radical (unpaired) electrons. The predicted octanol–water partition coefficient (Wildman–Crippen LogP) is 1.44. The van der Waals surface area contributed by atoms with Crippen LogP contribution >= 0.6 is 0 Å². The fraction of sp³-hybridized carbons (Fsp3) is 0.375. The smallest absolute Gasteiger partial charge is 0.338 e. The van der Waals surface area contributed by atoms with Gasteiger partial charge in [-0.3, -0.25) is 9.59 Å². The molecule has 0 aromatic heterocycles. The summed E-state index contributed by atoms with van der Waals surface area (Å²) in [6.07, 6.45) is -0.392. The summed E-state index contributed by atoms with van der Waals surface area (Å²) in [5.41, 5.74) is 1.11. The average Bonchev–Trinajstić information content (AvgIpc) is 2.84. The van der Waals surface area contributed by atoms with Gasteiger partial charge >= 0.3 is 5.97 Å². The highest BCUT2D eigenvalue weighted by molar-refractivity contribution is 7.89. The van der Waals surface area contributed by atoms with Crippen molar-refractivity contribution in [1.29, 1.82) is 0 Å². The van der Waals surface area contributed by atoms with Gasteiger partial charge in [0.15, 0.2) is 6.10 Å². The highest BCUT2D eigenvalue weighted by atomic mass is 32.2. The summed E-state index contributed by atoms with van der Waals surface area (Å²) >= 11 is 0. The minimum atomic E-state index is -3.84. The van der Waals surface area contributed by atoms with Crippen LogP contribution in [0.2, 0.25) is 0 Å². The zero-order valence-electron chi connectivity index (χ0n) is 19.3. The highest BCUT2D eigenvalue weighted by Gasteiger charge is 2.30. The predicted molar refractivity (Wildman–Crippen MR) is 125 cm³/mol. The molecule has 1 saturated heterocycles. The molecule has 182 valence electrons. The number of carbonyl (C=O) groups excluding carboxylic acids is 3. The lowest BCUT2D eigenvalue weighted by atomic mass is 10.1. The van der Waals surface area contributed by atoms with Crippen LogP contribution in [-0.2, 0) is 30.8 Å². The van der Waals surface area contributed by atoms with Gasteiger partial charge in [0, 0.05) is 39.6 Å². The van der Waals surface area contributed by atoms with E-state index in [1.165, 1.54) is 42.4 Å². The second kappa shape index (κ2) is 11.3. The first-order chi connectivity index (χ1) is 16.2. The van der Waals surface area contributed by atoms with Crippen molar-refractivity contribution in [2.24, 2.45) is 0 Å². The van der Waals surface area contributed by atoms with Crippen molar-refractivity contribution in [1.82, 2.24) is 14.5 Å². The van der Waals surface area contributed by atoms with E-state index in [0.717, 1.165) is 5.56 Å². The second-order valence-electron chi connectivity index (χ2n) is 8.01. The van der Waals surface area contributed by atoms with Crippen molar-refractivity contribution in [2.75, 3.05) is 32.7 Å². The van der Waals surface area contributed by atoms with Gasteiger partial charge in [0.2, 0.25) is 15.9 Å². The molecule has 9 nitrogen and oxygen atoms in total. The molecule has 1 N–H and O–H groups in total. The van der Waals surface area contributed by atoms with Gasteiger partial charge in [0.25, 0.3) is 5.91 Å². The van der Waals surface area contributed by atoms with E-state index in [1.807, 2.05) is 30.3 Å². The molecule has 3 rings (SSSR count). The number of nitrogens with one attached hydrogen (secondary N) is 1. The number of nitrogens with zero attached hydrogens (tertiary/aromatic N) is 2. The maximum absolute atomic E-state index is 13.0. The van der Waals surface area contributed by atoms with Gasteiger partial charge in [0.05, 0.1) is 10.5 Å². The summed E-state index contributed by atoms with van der Waals surface area (Å²) in [7, 11) is -3.84. The minimum absolute atomic E-state index is 0.0346. The van der Waals surface area contributed by atoms with E-state index in [-0.39, 0.29) is 29.5 Å². The fourth-order valence-electron chi connectivity index (χ4n) is 3.58. The lowest BCUT2D eigenvalue weighted by Crippen LogP contribution is -2.49. The zero-order chi connectivity index (χ0) is 24.7. The summed E-state index contributed by atoms with van der Waals surface area (Å²) in [5.74, 6) is -1.32. The topological polar surface area (TPSA) is 113 Å². The van der Waals surface area contributed by atoms with Crippen LogP contribution in [0.15, 0.2) is 59.5 Å². The molecule has 0 spiro atoms. The van der Waals surface area contributed by atoms with Gasteiger partial charge in [-0.15, -0.1) is 0 Å². The number of ether oxygens (including phenoxy) is 1. The average molecular weight is 488 g/mol. The minimum Gasteiger partial charge on any atom is -0.449 e. The van der Waals surface area contributed by atoms with E-state index in [9.17, 15) is 22.8 Å². The second-order valence-corrected chi connectivity index (χ2v) is 9.95. The molecule has 34 heavy (non-hydrogen) atoms. The maximum atomic E-state index is 13.0. The van der Waals surface area contributed by atoms with E-state index in [4.69, 9.17) is 4.74 Å². The number of rotatable bonds is 8. The Hall–Kier alpha value is -3.24. The third-order valence-electron chi connectivity index (χ3n) is 5.60. The van der Waals surface area contributed by atoms with Gasteiger partial charge in [-0.25, -0.2) is 13.2 Å². The molecule has 1 heterocycles. The molecule has 1 unspecified atom stereocenters. The Bertz CT molecular complexity index is 1130. The monoisotopic (exact) mass is 487 g/mol. The Labute approximate surface area is 199 Å². The Morgan fingerprint density at radius 2 is 1.68 bits per heavy atom. The molecule has 0 bridgehead atoms. The van der Waals surface area contributed by atoms with Crippen molar-refractivity contribution in [3.63, 3.8) is 0 Å². The molecule has 0 saturated carbocycles. The molecule has 1 aliphatic rings. The number of hydrogen-bond acceptors (Lipinski definition) is 6. The van der Waals surface area contributed by atoms with Crippen LogP contribution in [0.5, 0.6) is 0 Å². The van der Waals surface area contributed by atoms with E-state index in [0.29, 0.717) is 26.1 Å². The van der Waals surface area contributed by atoms with Gasteiger partial charge in [0.1, 0.15) is 0 Å². The quantitative estimate of drug-likeness (QED) is 0.564. The molecule has 10 heteroatoms. The van der Waals surface area contributed by atoms with Crippen LogP contribution in [0.4, 0.5) is 0 Å². The molecule has 1 atom stereocenters. The largest absolute Gasteiger partial charge is 0.449 e. The van der Waals surface area contributed by atoms with Crippen LogP contribution in [0.1, 0.15) is 29.8 Å². The van der Waals surface area contributed by atoms with Crippen LogP contribution in [0.25, 0.3) is 0 Å². The normalized spacial score (nSPS) is 15.4. The van der Waals surface area contributed by atoms with E-state index in [1.54, 1.807) is 4.90 Å². The van der Waals surface area contributed by atoms with Gasteiger partial charge in [-0.2, -0.15) is 4.31 Å². The summed E-state index contributed by atoms with van der Waals surface area (Å²) < 4.78 is 32.6. The Kier molecular flexibility index (Phi) is 8.41. The Morgan fingerprint density at radius 3 is 2.32 bits per heavy atom. The highest BCUT2D eigenvalue weighted by Crippen LogP contribution is 2.20. The van der Waals surface area contributed by atoms with E-state index < -0.39 is 28.0 Å². The molecule has 1 fully saturated rings. The molecule has 2 aromatic carbocycles. The number of carbonyl (C=O) groups is 3. The number of amides is 2. The zero-order valence-corrected chi connectivity index (χ0v) is 20.1. The lowest BCUT2D eigenvalue weighted by Gasteiger charge is -2.33. The first kappa shape index (κ1) is 25.4. The van der Waals surface area contributed by atoms with Crippen molar-refractivity contribution in [2.45, 2.75) is 31.3 Å². The number of hydrogen-bond donors (Lipinski definition) is 1. The molecule has 0 aliphatic carbocycles. The van der Waals surface area contributed by atoms with Gasteiger partial charge in [-0.05, 0) is 37.1 Å². The first-order valence-electron chi connectivity index (χ1n) is 11.1. The fourth-order valence-corrected chi connectivity index (χ4v) is 5.05. The Balaban J connectivity index is 1.57. The number of esters is 1. The van der Waals surface area contributed by atoms with E-state index in [2.05, 4.69) is 5.32 Å². The third-order valence-corrected chi connectivity index (χ3v) is 7.49. The number of sulfonamides is 1. The van der Waals surface area contributed by atoms with Crippen LogP contribution in [0, 0.1) is 0 Å². The third kappa shape index (κ3) is 6.42. The SMILES string of the molecule is CC(=O)N1CCN(S(=O)(=O)c2cccc(C(=O)OC(C)C(=O)NCCc3ccccc3)c2)CC1. The molecule has 2 aromatic rings. The van der Waals surface area contributed by atoms with Crippen molar-refractivity contribution in [3.05, 3.63) is 65.7 Å². The molecule has 1 aliphatic heterocycles. The number of piperazine rings is 1. The maximum Gasteiger partial charge on any atom is 0.338 e. The molecule has 2 amide bonds. The Morgan fingerprint density at radius 1 is 1.00 bits per heavy atom. The van der Waals surface area contributed by atoms with Crippen LogP contribution < -0.4 is 5.32 Å². The summed E-state index contributed by atoms with van der Waals surface area (Å²) in [6, 6.07) is 15.2. The van der Waals surface area contributed by atoms with Crippen molar-refractivity contribution >= 4 is 27.8 Å². The van der Waals surface area contributed by atoms with Crippen molar-refractivity contribution in [3.8, 4) is 0 Å². The van der Waals surface area contributed by atoms with Crippen molar-refractivity contribution < 1.29 is 27.5 Å². The van der Waals surface area contributed by atoms with Crippen LogP contribution in [-0.4, -0.2) is 74.2 Å². The summed E-state index contributed by atoms with van der Waals surface area (Å²) in [6.45, 7) is 4.29. The van der Waals surface area contributed by atoms with Crippen LogP contribution in [0.3, 0.4) is 0 Å². The molecular formula is C24H29N3O6S. The molecular weight excluding hydrogens is 458 g/mol. The standard InChI is InChI=1S/C24H29N3O6S/c1-18(23(29)25-12-11-20-7-4-3-5-8-20)33-24(30)21-9-6-10-22(17-21)34(31,32)27-15-13-26(14-16-27)19(2)28/h3-10,17-18H,11-16H2,1-2H3,(H,25,29). The first-order valence-corrected chi connectivity index (χ1v) is 12.5. The number of benzene rings is 2. The summed E-state index contributed by atoms with van der Waals surface area (Å²) in [5, 5.41) is 2.73. The van der Waals surface area contributed by atoms with E-state index >= 15 is 0 Å².